The summed E-state index contributed by atoms with van der Waals surface area (Å²) in [6.45, 7) is 6.64. The Kier molecular flexibility index (Phi) is 5.62. The average molecular weight is 335 g/mol. The minimum absolute atomic E-state index is 0.220. The largest absolute Gasteiger partial charge is 0.493 e. The third-order valence-corrected chi connectivity index (χ3v) is 4.26. The first kappa shape index (κ1) is 18.4. The zero-order chi connectivity index (χ0) is 17.9. The van der Waals surface area contributed by atoms with E-state index in [0.717, 1.165) is 24.8 Å². The first-order chi connectivity index (χ1) is 11.3. The summed E-state index contributed by atoms with van der Waals surface area (Å²) in [6, 6.07) is 4.31. The highest BCUT2D eigenvalue weighted by Crippen LogP contribution is 2.38. The van der Waals surface area contributed by atoms with Gasteiger partial charge in [-0.25, -0.2) is 0 Å². The molecule has 0 aromatic heterocycles. The van der Waals surface area contributed by atoms with E-state index in [1.165, 1.54) is 0 Å². The number of methoxy groups -OCH3 is 3. The van der Waals surface area contributed by atoms with Crippen LogP contribution in [0.25, 0.3) is 0 Å². The maximum absolute atomic E-state index is 12.7. The van der Waals surface area contributed by atoms with Crippen LogP contribution in [0.15, 0.2) is 12.1 Å². The highest BCUT2D eigenvalue weighted by Gasteiger charge is 2.37. The van der Waals surface area contributed by atoms with Gasteiger partial charge in [-0.3, -0.25) is 4.79 Å². The Morgan fingerprint density at radius 2 is 1.62 bits per heavy atom. The molecule has 0 aliphatic heterocycles. The lowest BCUT2D eigenvalue weighted by atomic mass is 9.94. The molecule has 24 heavy (non-hydrogen) atoms. The second-order valence-corrected chi connectivity index (χ2v) is 7.26. The zero-order valence-electron chi connectivity index (χ0n) is 15.6. The molecule has 0 N–H and O–H groups in total. The van der Waals surface area contributed by atoms with Gasteiger partial charge >= 0.3 is 0 Å². The van der Waals surface area contributed by atoms with E-state index in [1.807, 2.05) is 37.8 Å². The van der Waals surface area contributed by atoms with Crippen molar-refractivity contribution in [3.05, 3.63) is 17.7 Å². The lowest BCUT2D eigenvalue weighted by Crippen LogP contribution is -2.42. The van der Waals surface area contributed by atoms with Crippen LogP contribution in [0.5, 0.6) is 17.2 Å². The standard InChI is InChI=1S/C19H29NO4/c1-19(2,3)18(21)20(14-7-8-14)10-9-13-11-15(22-4)17(24-6)16(12-13)23-5/h11-12,14H,7-10H2,1-6H3. The van der Waals surface area contributed by atoms with Gasteiger partial charge in [-0.15, -0.1) is 0 Å². The van der Waals surface area contributed by atoms with E-state index >= 15 is 0 Å². The Hall–Kier alpha value is -1.91. The number of benzene rings is 1. The predicted molar refractivity (Wildman–Crippen MR) is 94.0 cm³/mol. The van der Waals surface area contributed by atoms with Crippen LogP contribution in [0.1, 0.15) is 39.2 Å². The van der Waals surface area contributed by atoms with Crippen LogP contribution >= 0.6 is 0 Å². The van der Waals surface area contributed by atoms with Gasteiger partial charge in [0.1, 0.15) is 0 Å². The Morgan fingerprint density at radius 3 is 2.00 bits per heavy atom. The molecule has 0 saturated heterocycles. The third-order valence-electron chi connectivity index (χ3n) is 4.26. The van der Waals surface area contributed by atoms with Gasteiger partial charge < -0.3 is 19.1 Å². The van der Waals surface area contributed by atoms with E-state index in [-0.39, 0.29) is 11.3 Å². The predicted octanol–water partition coefficient (Wildman–Crippen LogP) is 3.29. The Bertz CT molecular complexity index is 563. The highest BCUT2D eigenvalue weighted by molar-refractivity contribution is 5.82. The fourth-order valence-corrected chi connectivity index (χ4v) is 2.80. The molecular formula is C19H29NO4. The number of rotatable bonds is 7. The van der Waals surface area contributed by atoms with Crippen molar-refractivity contribution >= 4 is 5.91 Å². The van der Waals surface area contributed by atoms with E-state index in [1.54, 1.807) is 21.3 Å². The van der Waals surface area contributed by atoms with Crippen LogP contribution in [0.2, 0.25) is 0 Å². The summed E-state index contributed by atoms with van der Waals surface area (Å²) in [5, 5.41) is 0. The molecule has 5 nitrogen and oxygen atoms in total. The molecule has 1 fully saturated rings. The summed E-state index contributed by atoms with van der Waals surface area (Å²) in [5.74, 6) is 2.10. The van der Waals surface area contributed by atoms with Crippen molar-refractivity contribution in [2.75, 3.05) is 27.9 Å². The summed E-state index contributed by atoms with van der Waals surface area (Å²) in [4.78, 5) is 14.7. The van der Waals surface area contributed by atoms with E-state index in [0.29, 0.717) is 29.8 Å². The Morgan fingerprint density at radius 1 is 1.08 bits per heavy atom. The molecule has 0 radical (unpaired) electrons. The maximum Gasteiger partial charge on any atom is 0.228 e. The molecule has 0 unspecified atom stereocenters. The van der Waals surface area contributed by atoms with Crippen LogP contribution in [0.4, 0.5) is 0 Å². The van der Waals surface area contributed by atoms with Crippen LogP contribution in [0, 0.1) is 5.41 Å². The smallest absolute Gasteiger partial charge is 0.228 e. The lowest BCUT2D eigenvalue weighted by Gasteiger charge is -2.29. The normalized spacial score (nSPS) is 14.2. The number of amides is 1. The van der Waals surface area contributed by atoms with Crippen LogP contribution in [-0.2, 0) is 11.2 Å². The molecular weight excluding hydrogens is 306 g/mol. The van der Waals surface area contributed by atoms with Crippen molar-refractivity contribution in [2.45, 2.75) is 46.1 Å². The lowest BCUT2D eigenvalue weighted by molar-refractivity contribution is -0.140. The molecule has 1 saturated carbocycles. The van der Waals surface area contributed by atoms with Crippen LogP contribution in [-0.4, -0.2) is 44.7 Å². The maximum atomic E-state index is 12.7. The Labute approximate surface area is 144 Å². The number of carbonyl (C=O) groups is 1. The van der Waals surface area contributed by atoms with Crippen molar-refractivity contribution in [3.8, 4) is 17.2 Å². The second kappa shape index (κ2) is 7.32. The van der Waals surface area contributed by atoms with Crippen molar-refractivity contribution in [1.82, 2.24) is 4.90 Å². The van der Waals surface area contributed by atoms with Crippen molar-refractivity contribution < 1.29 is 19.0 Å². The molecule has 1 amide bonds. The van der Waals surface area contributed by atoms with Gasteiger partial charge in [0.25, 0.3) is 0 Å². The van der Waals surface area contributed by atoms with Gasteiger partial charge in [0.2, 0.25) is 11.7 Å². The SMILES string of the molecule is COc1cc(CCN(C(=O)C(C)(C)C)C2CC2)cc(OC)c1OC. The fraction of sp³-hybridized carbons (Fsp3) is 0.632. The summed E-state index contributed by atoms with van der Waals surface area (Å²) in [7, 11) is 4.82. The monoisotopic (exact) mass is 335 g/mol. The second-order valence-electron chi connectivity index (χ2n) is 7.26. The van der Waals surface area contributed by atoms with E-state index in [9.17, 15) is 4.79 Å². The van der Waals surface area contributed by atoms with E-state index in [2.05, 4.69) is 0 Å². The summed E-state index contributed by atoms with van der Waals surface area (Å²) < 4.78 is 16.2. The first-order valence-corrected chi connectivity index (χ1v) is 8.41. The van der Waals surface area contributed by atoms with Gasteiger partial charge in [0.15, 0.2) is 11.5 Å². The fourth-order valence-electron chi connectivity index (χ4n) is 2.80. The van der Waals surface area contributed by atoms with Gasteiger partial charge in [0, 0.05) is 18.0 Å². The highest BCUT2D eigenvalue weighted by atomic mass is 16.5. The minimum atomic E-state index is -0.349. The first-order valence-electron chi connectivity index (χ1n) is 8.41. The summed E-state index contributed by atoms with van der Waals surface area (Å²) >= 11 is 0. The summed E-state index contributed by atoms with van der Waals surface area (Å²) in [6.07, 6.45) is 2.98. The molecule has 2 rings (SSSR count). The molecule has 0 atom stereocenters. The molecule has 0 spiro atoms. The van der Waals surface area contributed by atoms with E-state index < -0.39 is 0 Å². The molecule has 0 bridgehead atoms. The zero-order valence-corrected chi connectivity index (χ0v) is 15.6. The number of carbonyl (C=O) groups excluding carboxylic acids is 1. The van der Waals surface area contributed by atoms with Crippen molar-refractivity contribution in [2.24, 2.45) is 5.41 Å². The van der Waals surface area contributed by atoms with Gasteiger partial charge in [-0.05, 0) is 37.0 Å². The number of ether oxygens (including phenoxy) is 3. The molecule has 5 heteroatoms. The average Bonchev–Trinajstić information content (AvgIpc) is 3.37. The van der Waals surface area contributed by atoms with Crippen LogP contribution < -0.4 is 14.2 Å². The molecule has 134 valence electrons. The third kappa shape index (κ3) is 4.13. The number of nitrogens with zero attached hydrogens (tertiary/aromatic N) is 1. The number of hydrogen-bond donors (Lipinski definition) is 0. The van der Waals surface area contributed by atoms with Crippen molar-refractivity contribution in [3.63, 3.8) is 0 Å². The molecule has 0 heterocycles. The number of hydrogen-bond acceptors (Lipinski definition) is 4. The molecule has 1 aliphatic carbocycles. The Balaban J connectivity index is 2.16. The topological polar surface area (TPSA) is 48.0 Å². The van der Waals surface area contributed by atoms with Gasteiger partial charge in [-0.1, -0.05) is 20.8 Å². The molecule has 1 aromatic rings. The van der Waals surface area contributed by atoms with E-state index in [4.69, 9.17) is 14.2 Å². The molecule has 1 aliphatic rings. The quantitative estimate of drug-likeness (QED) is 0.767. The van der Waals surface area contributed by atoms with Gasteiger partial charge in [0.05, 0.1) is 21.3 Å². The van der Waals surface area contributed by atoms with Crippen LogP contribution in [0.3, 0.4) is 0 Å². The molecule has 1 aromatic carbocycles. The van der Waals surface area contributed by atoms with Crippen molar-refractivity contribution in [1.29, 1.82) is 0 Å². The minimum Gasteiger partial charge on any atom is -0.493 e. The van der Waals surface area contributed by atoms with Gasteiger partial charge in [-0.2, -0.15) is 0 Å². The summed E-state index contributed by atoms with van der Waals surface area (Å²) in [5.41, 5.74) is 0.717.